The fraction of sp³-hybridized carbons (Fsp3) is 0.577. The molecule has 3 aliphatic carbocycles. The van der Waals surface area contributed by atoms with Gasteiger partial charge < -0.3 is 15.1 Å². The highest BCUT2D eigenvalue weighted by molar-refractivity contribution is 5.89. The van der Waals surface area contributed by atoms with E-state index in [2.05, 4.69) is 26.0 Å². The number of aliphatic hydroxyl groups excluding tert-OH is 1. The van der Waals surface area contributed by atoms with Crippen LogP contribution in [0.2, 0.25) is 0 Å². The molecule has 1 aromatic rings. The van der Waals surface area contributed by atoms with E-state index in [1.807, 2.05) is 24.1 Å². The van der Waals surface area contributed by atoms with E-state index in [0.29, 0.717) is 17.8 Å². The molecule has 30 heavy (non-hydrogen) atoms. The van der Waals surface area contributed by atoms with Crippen molar-refractivity contribution in [2.45, 2.75) is 58.1 Å². The van der Waals surface area contributed by atoms with E-state index >= 15 is 0 Å². The van der Waals surface area contributed by atoms with Crippen LogP contribution in [0.5, 0.6) is 5.75 Å². The molecule has 5 rings (SSSR count). The summed E-state index contributed by atoms with van der Waals surface area (Å²) in [7, 11) is 1.96. The Bertz CT molecular complexity index is 936. The Hall–Kier alpha value is -2.07. The molecule has 4 nitrogen and oxygen atoms in total. The van der Waals surface area contributed by atoms with Crippen LogP contribution in [-0.2, 0) is 4.79 Å². The lowest BCUT2D eigenvalue weighted by Crippen LogP contribution is -2.59. The summed E-state index contributed by atoms with van der Waals surface area (Å²) in [6.45, 7) is 4.63. The Morgan fingerprint density at radius 1 is 1.17 bits per heavy atom. The van der Waals surface area contributed by atoms with E-state index < -0.39 is 6.10 Å². The Labute approximate surface area is 179 Å². The number of hydrogen-bond acceptors (Lipinski definition) is 3. The smallest absolute Gasteiger partial charge is 0.246 e. The van der Waals surface area contributed by atoms with Crippen LogP contribution in [0.1, 0.15) is 51.5 Å². The molecular formula is C26H33NO3. The minimum absolute atomic E-state index is 0.0234. The molecule has 3 saturated carbocycles. The third-order valence-electron chi connectivity index (χ3n) is 9.22. The van der Waals surface area contributed by atoms with Crippen molar-refractivity contribution in [1.29, 1.82) is 0 Å². The third-order valence-corrected chi connectivity index (χ3v) is 9.22. The number of aromatic hydroxyl groups is 1. The van der Waals surface area contributed by atoms with Crippen LogP contribution in [0.15, 0.2) is 42.0 Å². The summed E-state index contributed by atoms with van der Waals surface area (Å²) < 4.78 is 0. The SMILES string of the molecule is CN1C(=O)C=C[C@]2(C)[C@H]3CC[C@]4(C)[C@@H](O)C(=Cc5cccc(O)c5)C[C@H]4[C@@H]3CC[C@@H]12. The van der Waals surface area contributed by atoms with E-state index in [9.17, 15) is 15.0 Å². The van der Waals surface area contributed by atoms with Gasteiger partial charge in [-0.1, -0.05) is 38.1 Å². The van der Waals surface area contributed by atoms with Gasteiger partial charge >= 0.3 is 0 Å². The number of nitrogens with zero attached hydrogens (tertiary/aromatic N) is 1. The van der Waals surface area contributed by atoms with E-state index in [1.54, 1.807) is 18.2 Å². The predicted molar refractivity (Wildman–Crippen MR) is 118 cm³/mol. The van der Waals surface area contributed by atoms with Gasteiger partial charge in [-0.2, -0.15) is 0 Å². The predicted octanol–water partition coefficient (Wildman–Crippen LogP) is 4.39. The number of fused-ring (bicyclic) bond motifs is 5. The molecule has 1 aliphatic heterocycles. The Morgan fingerprint density at radius 3 is 2.73 bits per heavy atom. The number of phenolic OH excluding ortho intramolecular Hbond substituents is 1. The fourth-order valence-electron chi connectivity index (χ4n) is 7.57. The topological polar surface area (TPSA) is 60.8 Å². The first kappa shape index (κ1) is 19.9. The van der Waals surface area contributed by atoms with Crippen molar-refractivity contribution >= 4 is 12.0 Å². The summed E-state index contributed by atoms with van der Waals surface area (Å²) in [4.78, 5) is 14.2. The largest absolute Gasteiger partial charge is 0.508 e. The molecule has 1 amide bonds. The minimum Gasteiger partial charge on any atom is -0.508 e. The zero-order valence-electron chi connectivity index (χ0n) is 18.2. The highest BCUT2D eigenvalue weighted by Gasteiger charge is 2.61. The molecule has 4 heteroatoms. The molecule has 0 saturated heterocycles. The molecule has 4 aliphatic rings. The van der Waals surface area contributed by atoms with Gasteiger partial charge in [0, 0.05) is 23.9 Å². The number of amides is 1. The number of carbonyl (C=O) groups is 1. The lowest BCUT2D eigenvalue weighted by molar-refractivity contribution is -0.140. The first-order valence-corrected chi connectivity index (χ1v) is 11.4. The number of rotatable bonds is 1. The van der Waals surface area contributed by atoms with Crippen molar-refractivity contribution in [2.75, 3.05) is 7.05 Å². The van der Waals surface area contributed by atoms with Gasteiger partial charge in [0.25, 0.3) is 0 Å². The average Bonchev–Trinajstić information content (AvgIpc) is 2.96. The molecule has 3 fully saturated rings. The van der Waals surface area contributed by atoms with Gasteiger partial charge in [0.2, 0.25) is 5.91 Å². The molecule has 0 spiro atoms. The summed E-state index contributed by atoms with van der Waals surface area (Å²) >= 11 is 0. The number of phenols is 1. The summed E-state index contributed by atoms with van der Waals surface area (Å²) in [6, 6.07) is 7.56. The van der Waals surface area contributed by atoms with E-state index in [1.165, 1.54) is 0 Å². The lowest BCUT2D eigenvalue weighted by atomic mass is 9.48. The highest BCUT2D eigenvalue weighted by atomic mass is 16.3. The van der Waals surface area contributed by atoms with E-state index in [-0.39, 0.29) is 28.5 Å². The minimum atomic E-state index is -0.428. The quantitative estimate of drug-likeness (QED) is 0.726. The van der Waals surface area contributed by atoms with Gasteiger partial charge in [-0.15, -0.1) is 0 Å². The van der Waals surface area contributed by atoms with Gasteiger partial charge in [0.05, 0.1) is 6.10 Å². The number of benzene rings is 1. The van der Waals surface area contributed by atoms with Crippen LogP contribution in [0.3, 0.4) is 0 Å². The van der Waals surface area contributed by atoms with E-state index in [0.717, 1.165) is 43.2 Å². The van der Waals surface area contributed by atoms with Crippen molar-refractivity contribution in [3.8, 4) is 5.75 Å². The molecule has 1 heterocycles. The molecule has 2 N–H and O–H groups in total. The second-order valence-electron chi connectivity index (χ2n) is 10.6. The van der Waals surface area contributed by atoms with Gasteiger partial charge in [-0.25, -0.2) is 0 Å². The molecule has 0 radical (unpaired) electrons. The standard InChI is InChI=1S/C26H33NO3/c1-25-12-10-23(29)27(3)22(25)8-7-19-20(25)9-11-26(2)21(19)15-17(24(26)30)13-16-5-4-6-18(28)14-16/h4-6,10,12-14,19-22,24,28,30H,7-9,11,15H2,1-3H3/t19-,20+,21+,22-,24+,25-,26+/m1/s1. The highest BCUT2D eigenvalue weighted by Crippen LogP contribution is 2.65. The van der Waals surface area contributed by atoms with E-state index in [4.69, 9.17) is 0 Å². The zero-order chi connectivity index (χ0) is 21.3. The molecule has 0 unspecified atom stereocenters. The van der Waals surface area contributed by atoms with Gasteiger partial charge in [-0.05, 0) is 79.2 Å². The first-order valence-electron chi connectivity index (χ1n) is 11.4. The molecule has 160 valence electrons. The summed E-state index contributed by atoms with van der Waals surface area (Å²) in [5, 5.41) is 21.2. The molecular weight excluding hydrogens is 374 g/mol. The fourth-order valence-corrected chi connectivity index (χ4v) is 7.57. The maximum Gasteiger partial charge on any atom is 0.246 e. The number of hydrogen-bond donors (Lipinski definition) is 2. The number of carbonyl (C=O) groups excluding carboxylic acids is 1. The van der Waals surface area contributed by atoms with Crippen molar-refractivity contribution in [3.63, 3.8) is 0 Å². The maximum atomic E-state index is 12.2. The van der Waals surface area contributed by atoms with Gasteiger partial charge in [0.15, 0.2) is 0 Å². The molecule has 1 aromatic carbocycles. The van der Waals surface area contributed by atoms with Crippen LogP contribution >= 0.6 is 0 Å². The monoisotopic (exact) mass is 407 g/mol. The number of aliphatic hydroxyl groups is 1. The van der Waals surface area contributed by atoms with Crippen LogP contribution in [0, 0.1) is 28.6 Å². The van der Waals surface area contributed by atoms with Gasteiger partial charge in [-0.3, -0.25) is 4.79 Å². The summed E-state index contributed by atoms with van der Waals surface area (Å²) in [5.74, 6) is 1.97. The van der Waals surface area contributed by atoms with Crippen LogP contribution in [0.4, 0.5) is 0 Å². The second kappa shape index (κ2) is 6.71. The van der Waals surface area contributed by atoms with Crippen LogP contribution in [0.25, 0.3) is 6.08 Å². The molecule has 7 atom stereocenters. The molecule has 0 aromatic heterocycles. The van der Waals surface area contributed by atoms with Crippen molar-refractivity contribution in [2.24, 2.45) is 28.6 Å². The van der Waals surface area contributed by atoms with Gasteiger partial charge in [0.1, 0.15) is 5.75 Å². The Kier molecular flexibility index (Phi) is 4.45. The lowest BCUT2D eigenvalue weighted by Gasteiger charge is -2.59. The third kappa shape index (κ3) is 2.72. The molecule has 0 bridgehead atoms. The average molecular weight is 408 g/mol. The normalized spacial score (nSPS) is 44.0. The summed E-state index contributed by atoms with van der Waals surface area (Å²) in [5.41, 5.74) is 1.99. The van der Waals surface area contributed by atoms with Crippen molar-refractivity contribution in [1.82, 2.24) is 4.90 Å². The first-order chi connectivity index (χ1) is 14.2. The van der Waals surface area contributed by atoms with Crippen LogP contribution < -0.4 is 0 Å². The van der Waals surface area contributed by atoms with Crippen molar-refractivity contribution < 1.29 is 15.0 Å². The number of likely N-dealkylation sites (N-methyl/N-ethyl adjacent to an activating group) is 1. The second-order valence-corrected chi connectivity index (χ2v) is 10.6. The Balaban J connectivity index is 1.48. The Morgan fingerprint density at radius 2 is 1.97 bits per heavy atom. The van der Waals surface area contributed by atoms with Crippen molar-refractivity contribution in [3.05, 3.63) is 47.6 Å². The summed E-state index contributed by atoms with van der Waals surface area (Å²) in [6.07, 6.45) is 10.9. The van der Waals surface area contributed by atoms with Crippen LogP contribution in [-0.4, -0.2) is 40.2 Å². The zero-order valence-corrected chi connectivity index (χ0v) is 18.2. The maximum absolute atomic E-state index is 12.2.